The van der Waals surface area contributed by atoms with Crippen molar-refractivity contribution in [3.8, 4) is 11.3 Å². The van der Waals surface area contributed by atoms with Gasteiger partial charge in [-0.15, -0.1) is 0 Å². The lowest BCUT2D eigenvalue weighted by molar-refractivity contribution is -0.156. The minimum atomic E-state index is -0.475. The number of ether oxygens (including phenoxy) is 1. The first-order valence-electron chi connectivity index (χ1n) is 15.3. The lowest BCUT2D eigenvalue weighted by Crippen LogP contribution is -2.37. The molecule has 2 saturated carbocycles. The first-order chi connectivity index (χ1) is 20.5. The smallest absolute Gasteiger partial charge is 0.315 e. The molecule has 0 spiro atoms. The summed E-state index contributed by atoms with van der Waals surface area (Å²) < 4.78 is 6.76. The number of nitrogens with zero attached hydrogens (tertiary/aromatic N) is 2. The second kappa shape index (κ2) is 13.8. The van der Waals surface area contributed by atoms with E-state index in [9.17, 15) is 14.4 Å². The van der Waals surface area contributed by atoms with Crippen molar-refractivity contribution in [3.63, 3.8) is 0 Å². The van der Waals surface area contributed by atoms with Crippen LogP contribution in [0.4, 0.5) is 0 Å². The predicted molar refractivity (Wildman–Crippen MR) is 164 cm³/mol. The molecule has 2 aliphatic carbocycles. The summed E-state index contributed by atoms with van der Waals surface area (Å²) in [6.07, 6.45) is 11.8. The van der Waals surface area contributed by atoms with E-state index in [-0.39, 0.29) is 23.4 Å². The average Bonchev–Trinajstić information content (AvgIpc) is 3.51. The molecular weight excluding hydrogens is 526 g/mol. The Morgan fingerprint density at radius 3 is 2.43 bits per heavy atom. The molecule has 1 atom stereocenters. The van der Waals surface area contributed by atoms with Crippen LogP contribution in [0, 0.1) is 11.3 Å². The summed E-state index contributed by atoms with van der Waals surface area (Å²) >= 11 is 0. The minimum Gasteiger partial charge on any atom is -0.465 e. The second-order valence-electron chi connectivity index (χ2n) is 11.6. The van der Waals surface area contributed by atoms with Gasteiger partial charge < -0.3 is 10.1 Å². The van der Waals surface area contributed by atoms with Crippen LogP contribution >= 0.6 is 0 Å². The molecule has 5 rings (SSSR count). The van der Waals surface area contributed by atoms with Crippen LogP contribution in [0.15, 0.2) is 83.7 Å². The summed E-state index contributed by atoms with van der Waals surface area (Å²) in [5, 5.41) is 7.74. The Morgan fingerprint density at radius 2 is 1.76 bits per heavy atom. The van der Waals surface area contributed by atoms with Crippen LogP contribution in [-0.2, 0) is 20.9 Å². The summed E-state index contributed by atoms with van der Waals surface area (Å²) in [4.78, 5) is 38.4. The largest absolute Gasteiger partial charge is 0.465 e. The number of hydrogen-bond acceptors (Lipinski definition) is 5. The van der Waals surface area contributed by atoms with Crippen LogP contribution in [0.1, 0.15) is 75.3 Å². The van der Waals surface area contributed by atoms with Crippen molar-refractivity contribution in [3.05, 3.63) is 100 Å². The lowest BCUT2D eigenvalue weighted by Gasteiger charge is -2.36. The van der Waals surface area contributed by atoms with Gasteiger partial charge in [0.15, 0.2) is 0 Å². The summed E-state index contributed by atoms with van der Waals surface area (Å²) in [6, 6.07) is 21.2. The Hall–Kier alpha value is -4.00. The van der Waals surface area contributed by atoms with E-state index >= 15 is 0 Å². The number of hydrogen-bond donors (Lipinski definition) is 1. The van der Waals surface area contributed by atoms with Gasteiger partial charge in [0.2, 0.25) is 5.91 Å². The molecular formula is C35H41N3O4. The van der Waals surface area contributed by atoms with Crippen LogP contribution in [0.5, 0.6) is 0 Å². The minimum absolute atomic E-state index is 0.0558. The number of carbonyl (C=O) groups excluding carboxylic acids is 2. The van der Waals surface area contributed by atoms with E-state index < -0.39 is 5.41 Å². The molecule has 3 aromatic rings. The maximum Gasteiger partial charge on any atom is 0.315 e. The highest BCUT2D eigenvalue weighted by atomic mass is 16.5. The number of nitrogens with one attached hydrogen (secondary N) is 1. The highest BCUT2D eigenvalue weighted by Crippen LogP contribution is 2.43. The van der Waals surface area contributed by atoms with Crippen molar-refractivity contribution in [2.45, 2.75) is 70.8 Å². The molecule has 7 nitrogen and oxygen atoms in total. The molecule has 0 aliphatic heterocycles. The third-order valence-corrected chi connectivity index (χ3v) is 8.74. The van der Waals surface area contributed by atoms with Gasteiger partial charge in [-0.05, 0) is 62.1 Å². The molecule has 2 fully saturated rings. The van der Waals surface area contributed by atoms with Crippen molar-refractivity contribution >= 4 is 11.9 Å². The molecule has 1 aromatic heterocycles. The summed E-state index contributed by atoms with van der Waals surface area (Å²) in [7, 11) is 0. The fraction of sp³-hybridized carbons (Fsp3) is 0.429. The predicted octanol–water partition coefficient (Wildman–Crippen LogP) is 6.03. The molecule has 1 N–H and O–H groups in total. The maximum atomic E-state index is 13.5. The Labute approximate surface area is 248 Å². The van der Waals surface area contributed by atoms with Gasteiger partial charge in [-0.2, -0.15) is 5.10 Å². The highest BCUT2D eigenvalue weighted by molar-refractivity contribution is 5.84. The highest BCUT2D eigenvalue weighted by Gasteiger charge is 2.43. The van der Waals surface area contributed by atoms with E-state index in [0.29, 0.717) is 32.0 Å². The first kappa shape index (κ1) is 29.5. The SMILES string of the molecule is CCOC(=O)C1(/C=C/CCNC(=O)C(c2ccc(Cn3nc(-c4ccccc4)ccc3=O)cc2)C2CCCC2)CCC1. The van der Waals surface area contributed by atoms with Gasteiger partial charge in [0.25, 0.3) is 5.56 Å². The molecule has 2 aromatic carbocycles. The number of esters is 1. The molecule has 0 saturated heterocycles. The van der Waals surface area contributed by atoms with Crippen molar-refractivity contribution in [1.82, 2.24) is 15.1 Å². The Balaban J connectivity index is 1.23. The van der Waals surface area contributed by atoms with Gasteiger partial charge in [-0.1, -0.05) is 86.0 Å². The Kier molecular flexibility index (Phi) is 9.67. The van der Waals surface area contributed by atoms with Gasteiger partial charge in [-0.25, -0.2) is 4.68 Å². The number of carbonyl (C=O) groups is 2. The quantitative estimate of drug-likeness (QED) is 0.164. The fourth-order valence-electron chi connectivity index (χ4n) is 6.23. The molecule has 2 aliphatic rings. The Morgan fingerprint density at radius 1 is 1.02 bits per heavy atom. The third-order valence-electron chi connectivity index (χ3n) is 8.74. The Bertz CT molecular complexity index is 1440. The van der Waals surface area contributed by atoms with E-state index in [1.807, 2.05) is 73.7 Å². The van der Waals surface area contributed by atoms with Gasteiger partial charge in [0.1, 0.15) is 0 Å². The van der Waals surface area contributed by atoms with Gasteiger partial charge >= 0.3 is 5.97 Å². The van der Waals surface area contributed by atoms with Crippen LogP contribution in [-0.4, -0.2) is 34.8 Å². The molecule has 1 amide bonds. The molecule has 1 unspecified atom stereocenters. The van der Waals surface area contributed by atoms with E-state index in [4.69, 9.17) is 4.74 Å². The van der Waals surface area contributed by atoms with Gasteiger partial charge in [0.05, 0.1) is 30.2 Å². The van der Waals surface area contributed by atoms with Crippen molar-refractivity contribution < 1.29 is 14.3 Å². The van der Waals surface area contributed by atoms with Crippen LogP contribution in [0.25, 0.3) is 11.3 Å². The molecule has 220 valence electrons. The van der Waals surface area contributed by atoms with Gasteiger partial charge in [0, 0.05) is 18.2 Å². The van der Waals surface area contributed by atoms with E-state index in [1.54, 1.807) is 12.1 Å². The maximum absolute atomic E-state index is 13.5. The normalized spacial score (nSPS) is 17.1. The topological polar surface area (TPSA) is 90.3 Å². The number of amides is 1. The molecule has 7 heteroatoms. The fourth-order valence-corrected chi connectivity index (χ4v) is 6.23. The zero-order valence-electron chi connectivity index (χ0n) is 24.5. The monoisotopic (exact) mass is 567 g/mol. The summed E-state index contributed by atoms with van der Waals surface area (Å²) in [6.45, 7) is 3.12. The van der Waals surface area contributed by atoms with E-state index in [2.05, 4.69) is 10.4 Å². The van der Waals surface area contributed by atoms with Crippen LogP contribution in [0.2, 0.25) is 0 Å². The zero-order chi connectivity index (χ0) is 29.4. The molecule has 42 heavy (non-hydrogen) atoms. The zero-order valence-corrected chi connectivity index (χ0v) is 24.5. The van der Waals surface area contributed by atoms with Crippen LogP contribution < -0.4 is 10.9 Å². The molecule has 0 bridgehead atoms. The molecule has 0 radical (unpaired) electrons. The number of aromatic nitrogens is 2. The van der Waals surface area contributed by atoms with Crippen molar-refractivity contribution in [2.75, 3.05) is 13.2 Å². The van der Waals surface area contributed by atoms with Crippen molar-refractivity contribution in [2.24, 2.45) is 11.3 Å². The lowest BCUT2D eigenvalue weighted by atomic mass is 9.68. The second-order valence-corrected chi connectivity index (χ2v) is 11.6. The summed E-state index contributed by atoms with van der Waals surface area (Å²) in [5.74, 6) is 0.0386. The third kappa shape index (κ3) is 6.89. The van der Waals surface area contributed by atoms with Crippen LogP contribution in [0.3, 0.4) is 0 Å². The average molecular weight is 568 g/mol. The van der Waals surface area contributed by atoms with E-state index in [0.717, 1.165) is 67.3 Å². The molecule has 1 heterocycles. The van der Waals surface area contributed by atoms with Crippen molar-refractivity contribution in [1.29, 1.82) is 0 Å². The number of rotatable bonds is 12. The number of benzene rings is 2. The summed E-state index contributed by atoms with van der Waals surface area (Å²) in [5.41, 5.74) is 3.06. The van der Waals surface area contributed by atoms with E-state index in [1.165, 1.54) is 4.68 Å². The van der Waals surface area contributed by atoms with Gasteiger partial charge in [-0.3, -0.25) is 14.4 Å². The first-order valence-corrected chi connectivity index (χ1v) is 15.3. The standard InChI is InChI=1S/C35H41N3O4/c1-2-42-34(41)35(22-10-23-35)21-8-9-24-36-33(40)32(28-13-6-7-14-28)29-17-15-26(16-18-29)25-38-31(39)20-19-30(37-38)27-11-4-3-5-12-27/h3-5,8,11-12,15-21,28,32H,2,6-7,9-10,13-14,22-25H2,1H3,(H,36,40)/b21-8+.